The molecule has 1 aromatic rings. The van der Waals surface area contributed by atoms with Crippen LogP contribution in [-0.4, -0.2) is 48.6 Å². The van der Waals surface area contributed by atoms with Crippen LogP contribution in [0.5, 0.6) is 0 Å². The van der Waals surface area contributed by atoms with Gasteiger partial charge in [-0.15, -0.1) is 0 Å². The van der Waals surface area contributed by atoms with Crippen LogP contribution in [0.3, 0.4) is 0 Å². The molecule has 6 heteroatoms. The Balaban J connectivity index is 1.46. The molecular formula is C22H29ClN2O3. The van der Waals surface area contributed by atoms with Crippen LogP contribution in [0.1, 0.15) is 48.5 Å². The maximum atomic E-state index is 13.1. The van der Waals surface area contributed by atoms with E-state index in [0.717, 1.165) is 38.1 Å². The highest BCUT2D eigenvalue weighted by Gasteiger charge is 2.45. The Hall–Kier alpha value is -1.59. The van der Waals surface area contributed by atoms with E-state index in [0.29, 0.717) is 28.3 Å². The van der Waals surface area contributed by atoms with Crippen LogP contribution in [0.4, 0.5) is 0 Å². The molecule has 3 aliphatic rings. The molecule has 2 saturated carbocycles. The van der Waals surface area contributed by atoms with Gasteiger partial charge < -0.3 is 15.0 Å². The SMILES string of the molecule is CC(=O)N[C@@H]1C[C@@H]2CN(C(=O)c3c(C)cccc3Cl)C[C@@H]2C[C@H]1OCC1CC1. The average molecular weight is 405 g/mol. The number of nitrogens with one attached hydrogen (secondary N) is 1. The van der Waals surface area contributed by atoms with E-state index in [1.807, 2.05) is 24.0 Å². The van der Waals surface area contributed by atoms with Gasteiger partial charge in [-0.3, -0.25) is 9.59 Å². The molecule has 5 nitrogen and oxygen atoms in total. The third-order valence-electron chi connectivity index (χ3n) is 6.47. The second-order valence-corrected chi connectivity index (χ2v) is 9.16. The molecule has 0 unspecified atom stereocenters. The minimum Gasteiger partial charge on any atom is -0.376 e. The molecule has 1 aliphatic heterocycles. The standard InChI is InChI=1S/C22H29ClN2O3/c1-13-4-3-5-18(23)21(13)22(27)25-10-16-8-19(24-14(2)26)20(9-17(16)11-25)28-12-15-6-7-15/h3-5,15-17,19-20H,6-12H2,1-2H3,(H,24,26)/t16-,17+,19-,20-/m1/s1. The third kappa shape index (κ3) is 4.20. The van der Waals surface area contributed by atoms with Crippen LogP contribution in [-0.2, 0) is 9.53 Å². The van der Waals surface area contributed by atoms with Gasteiger partial charge in [-0.2, -0.15) is 0 Å². The summed E-state index contributed by atoms with van der Waals surface area (Å²) in [4.78, 5) is 26.8. The number of likely N-dealkylation sites (tertiary alicyclic amines) is 1. The summed E-state index contributed by atoms with van der Waals surface area (Å²) in [6.45, 7) is 5.74. The number of nitrogens with zero attached hydrogens (tertiary/aromatic N) is 1. The summed E-state index contributed by atoms with van der Waals surface area (Å²) in [6.07, 6.45) is 4.31. The van der Waals surface area contributed by atoms with Gasteiger partial charge >= 0.3 is 0 Å². The Bertz CT molecular complexity index is 744. The Kier molecular flexibility index (Phi) is 5.66. The molecule has 3 fully saturated rings. The van der Waals surface area contributed by atoms with Crippen LogP contribution in [0.2, 0.25) is 5.02 Å². The van der Waals surface area contributed by atoms with Crippen molar-refractivity contribution in [3.05, 3.63) is 34.3 Å². The molecular weight excluding hydrogens is 376 g/mol. The summed E-state index contributed by atoms with van der Waals surface area (Å²) in [5, 5.41) is 3.61. The lowest BCUT2D eigenvalue weighted by Gasteiger charge is -2.38. The molecule has 1 aromatic carbocycles. The van der Waals surface area contributed by atoms with E-state index >= 15 is 0 Å². The zero-order valence-corrected chi connectivity index (χ0v) is 17.4. The van der Waals surface area contributed by atoms with Gasteiger partial charge in [0.05, 0.1) is 22.7 Å². The summed E-state index contributed by atoms with van der Waals surface area (Å²) in [6, 6.07) is 5.61. The minimum absolute atomic E-state index is 0.0129. The van der Waals surface area contributed by atoms with Crippen LogP contribution >= 0.6 is 11.6 Å². The number of aryl methyl sites for hydroxylation is 1. The van der Waals surface area contributed by atoms with Gasteiger partial charge in [0.15, 0.2) is 0 Å². The number of halogens is 1. The summed E-state index contributed by atoms with van der Waals surface area (Å²) in [7, 11) is 0. The molecule has 0 bridgehead atoms. The number of benzene rings is 1. The van der Waals surface area contributed by atoms with Gasteiger partial charge in [-0.05, 0) is 62.0 Å². The molecule has 28 heavy (non-hydrogen) atoms. The summed E-state index contributed by atoms with van der Waals surface area (Å²) in [5.41, 5.74) is 1.52. The zero-order valence-electron chi connectivity index (χ0n) is 16.6. The van der Waals surface area contributed by atoms with Crippen molar-refractivity contribution >= 4 is 23.4 Å². The van der Waals surface area contributed by atoms with Gasteiger partial charge in [-0.25, -0.2) is 0 Å². The zero-order chi connectivity index (χ0) is 19.8. The smallest absolute Gasteiger partial charge is 0.255 e. The number of carbonyl (C=O) groups excluding carboxylic acids is 2. The molecule has 4 atom stereocenters. The number of amides is 2. The number of rotatable bonds is 5. The predicted octanol–water partition coefficient (Wildman–Crippen LogP) is 3.43. The largest absolute Gasteiger partial charge is 0.376 e. The number of ether oxygens (including phenoxy) is 1. The van der Waals surface area contributed by atoms with E-state index in [1.165, 1.54) is 12.8 Å². The quantitative estimate of drug-likeness (QED) is 0.817. The predicted molar refractivity (Wildman–Crippen MR) is 108 cm³/mol. The average Bonchev–Trinajstić information content (AvgIpc) is 3.37. The monoisotopic (exact) mass is 404 g/mol. The Morgan fingerprint density at radius 2 is 1.93 bits per heavy atom. The molecule has 0 aromatic heterocycles. The van der Waals surface area contributed by atoms with E-state index in [1.54, 1.807) is 13.0 Å². The molecule has 0 spiro atoms. The first-order valence-corrected chi connectivity index (χ1v) is 10.7. The van der Waals surface area contributed by atoms with Crippen molar-refractivity contribution < 1.29 is 14.3 Å². The Labute approximate surface area is 171 Å². The van der Waals surface area contributed by atoms with Gasteiger partial charge in [0.2, 0.25) is 5.91 Å². The van der Waals surface area contributed by atoms with E-state index in [9.17, 15) is 9.59 Å². The fourth-order valence-electron chi connectivity index (χ4n) is 4.78. The van der Waals surface area contributed by atoms with Gasteiger partial charge in [0.1, 0.15) is 0 Å². The topological polar surface area (TPSA) is 58.6 Å². The summed E-state index contributed by atoms with van der Waals surface area (Å²) >= 11 is 6.32. The minimum atomic E-state index is -0.0129. The van der Waals surface area contributed by atoms with Gasteiger partial charge in [-0.1, -0.05) is 23.7 Å². The van der Waals surface area contributed by atoms with E-state index in [-0.39, 0.29) is 24.0 Å². The maximum absolute atomic E-state index is 13.1. The molecule has 1 heterocycles. The van der Waals surface area contributed by atoms with E-state index < -0.39 is 0 Å². The first kappa shape index (κ1) is 19.7. The molecule has 4 rings (SSSR count). The van der Waals surface area contributed by atoms with Crippen molar-refractivity contribution in [2.24, 2.45) is 17.8 Å². The molecule has 1 saturated heterocycles. The van der Waals surface area contributed by atoms with Gasteiger partial charge in [0, 0.05) is 26.6 Å². The highest BCUT2D eigenvalue weighted by molar-refractivity contribution is 6.34. The van der Waals surface area contributed by atoms with Gasteiger partial charge in [0.25, 0.3) is 5.91 Å². The third-order valence-corrected chi connectivity index (χ3v) is 6.79. The van der Waals surface area contributed by atoms with Crippen molar-refractivity contribution in [3.8, 4) is 0 Å². The number of carbonyl (C=O) groups is 2. The number of hydrogen-bond acceptors (Lipinski definition) is 3. The lowest BCUT2D eigenvalue weighted by molar-refractivity contribution is -0.122. The van der Waals surface area contributed by atoms with Crippen molar-refractivity contribution in [2.45, 2.75) is 51.7 Å². The van der Waals surface area contributed by atoms with Crippen molar-refractivity contribution in [2.75, 3.05) is 19.7 Å². The van der Waals surface area contributed by atoms with Crippen molar-refractivity contribution in [1.82, 2.24) is 10.2 Å². The fraction of sp³-hybridized carbons (Fsp3) is 0.636. The lowest BCUT2D eigenvalue weighted by Crippen LogP contribution is -2.50. The first-order valence-electron chi connectivity index (χ1n) is 10.4. The van der Waals surface area contributed by atoms with Crippen LogP contribution in [0, 0.1) is 24.7 Å². The Morgan fingerprint density at radius 3 is 2.57 bits per heavy atom. The number of hydrogen-bond donors (Lipinski definition) is 1. The molecule has 2 amide bonds. The highest BCUT2D eigenvalue weighted by atomic mass is 35.5. The number of fused-ring (bicyclic) bond motifs is 1. The molecule has 2 aliphatic carbocycles. The van der Waals surface area contributed by atoms with E-state index in [2.05, 4.69) is 5.32 Å². The molecule has 152 valence electrons. The molecule has 1 N–H and O–H groups in total. The maximum Gasteiger partial charge on any atom is 0.255 e. The van der Waals surface area contributed by atoms with E-state index in [4.69, 9.17) is 16.3 Å². The van der Waals surface area contributed by atoms with Crippen LogP contribution < -0.4 is 5.32 Å². The van der Waals surface area contributed by atoms with Crippen LogP contribution in [0.25, 0.3) is 0 Å². The normalized spacial score (nSPS) is 29.5. The highest BCUT2D eigenvalue weighted by Crippen LogP contribution is 2.39. The van der Waals surface area contributed by atoms with Crippen molar-refractivity contribution in [1.29, 1.82) is 0 Å². The van der Waals surface area contributed by atoms with Crippen molar-refractivity contribution in [3.63, 3.8) is 0 Å². The summed E-state index contributed by atoms with van der Waals surface area (Å²) in [5.74, 6) is 1.51. The Morgan fingerprint density at radius 1 is 1.21 bits per heavy atom. The second kappa shape index (κ2) is 8.03. The lowest BCUT2D eigenvalue weighted by atomic mass is 9.77. The second-order valence-electron chi connectivity index (χ2n) is 8.76. The van der Waals surface area contributed by atoms with Crippen LogP contribution in [0.15, 0.2) is 18.2 Å². The summed E-state index contributed by atoms with van der Waals surface area (Å²) < 4.78 is 6.21. The molecule has 0 radical (unpaired) electrons. The fourth-order valence-corrected chi connectivity index (χ4v) is 5.08. The first-order chi connectivity index (χ1) is 13.4.